The van der Waals surface area contributed by atoms with Crippen molar-refractivity contribution < 1.29 is 4.74 Å². The van der Waals surface area contributed by atoms with Crippen LogP contribution in [0.2, 0.25) is 0 Å². The van der Waals surface area contributed by atoms with Gasteiger partial charge in [0.05, 0.1) is 19.7 Å². The van der Waals surface area contributed by atoms with Gasteiger partial charge in [-0.25, -0.2) is 4.98 Å². The Morgan fingerprint density at radius 2 is 2.24 bits per heavy atom. The first kappa shape index (κ1) is 13.6. The van der Waals surface area contributed by atoms with Crippen molar-refractivity contribution in [3.63, 3.8) is 0 Å². The zero-order chi connectivity index (χ0) is 14.7. The van der Waals surface area contributed by atoms with Crippen LogP contribution in [0.5, 0.6) is 5.75 Å². The third-order valence-electron chi connectivity index (χ3n) is 4.07. The van der Waals surface area contributed by atoms with E-state index < -0.39 is 5.41 Å². The van der Waals surface area contributed by atoms with E-state index in [9.17, 15) is 5.26 Å². The van der Waals surface area contributed by atoms with Crippen molar-refractivity contribution in [2.45, 2.75) is 31.2 Å². The molecule has 1 unspecified atom stereocenters. The maximum Gasteiger partial charge on any atom is 0.137 e. The number of methoxy groups -OCH3 is 1. The minimum absolute atomic E-state index is 0.500. The molecule has 1 atom stereocenters. The summed E-state index contributed by atoms with van der Waals surface area (Å²) in [5, 5.41) is 14.1. The lowest BCUT2D eigenvalue weighted by Crippen LogP contribution is -2.31. The molecule has 0 bridgehead atoms. The number of nitriles is 1. The van der Waals surface area contributed by atoms with E-state index in [1.165, 1.54) is 19.2 Å². The Labute approximate surface area is 124 Å². The molecular formula is C16H18N4O. The first-order valence-electron chi connectivity index (χ1n) is 7.14. The van der Waals surface area contributed by atoms with Crippen LogP contribution >= 0.6 is 0 Å². The van der Waals surface area contributed by atoms with Crippen LogP contribution in [0.4, 0.5) is 0 Å². The van der Waals surface area contributed by atoms with Crippen LogP contribution in [0.3, 0.4) is 0 Å². The fraction of sp³-hybridized carbons (Fsp3) is 0.438. The highest BCUT2D eigenvalue weighted by molar-refractivity contribution is 5.44. The summed E-state index contributed by atoms with van der Waals surface area (Å²) in [6.45, 7) is 0.500. The van der Waals surface area contributed by atoms with Crippen molar-refractivity contribution in [2.75, 3.05) is 7.11 Å². The molecule has 0 saturated heterocycles. The summed E-state index contributed by atoms with van der Waals surface area (Å²) in [5.74, 6) is 1.39. The van der Waals surface area contributed by atoms with Gasteiger partial charge in [-0.05, 0) is 18.4 Å². The summed E-state index contributed by atoms with van der Waals surface area (Å²) in [6.07, 6.45) is 6.41. The fourth-order valence-electron chi connectivity index (χ4n) is 2.85. The largest absolute Gasteiger partial charge is 0.496 e. The van der Waals surface area contributed by atoms with Gasteiger partial charge in [0.2, 0.25) is 0 Å². The number of hydrogen-bond donors (Lipinski definition) is 0. The lowest BCUT2D eigenvalue weighted by atomic mass is 9.76. The average Bonchev–Trinajstić information content (AvgIpc) is 3.19. The molecule has 1 aromatic heterocycles. The predicted molar refractivity (Wildman–Crippen MR) is 77.6 cm³/mol. The number of nitrogens with zero attached hydrogens (tertiary/aromatic N) is 4. The Kier molecular flexibility index (Phi) is 3.61. The van der Waals surface area contributed by atoms with Gasteiger partial charge in [0.1, 0.15) is 23.8 Å². The van der Waals surface area contributed by atoms with Crippen molar-refractivity contribution in [1.82, 2.24) is 14.8 Å². The van der Waals surface area contributed by atoms with Crippen molar-refractivity contribution >= 4 is 0 Å². The molecule has 108 valence electrons. The summed E-state index contributed by atoms with van der Waals surface area (Å²) < 4.78 is 7.21. The van der Waals surface area contributed by atoms with Gasteiger partial charge >= 0.3 is 0 Å². The number of benzene rings is 1. The van der Waals surface area contributed by atoms with Gasteiger partial charge < -0.3 is 4.74 Å². The van der Waals surface area contributed by atoms with Crippen LogP contribution in [-0.4, -0.2) is 21.9 Å². The average molecular weight is 282 g/mol. The molecule has 5 heteroatoms. The topological polar surface area (TPSA) is 63.7 Å². The molecule has 0 radical (unpaired) electrons. The van der Waals surface area contributed by atoms with E-state index in [1.807, 2.05) is 24.3 Å². The number of rotatable bonds is 6. The van der Waals surface area contributed by atoms with Crippen molar-refractivity contribution in [3.05, 3.63) is 42.5 Å². The van der Waals surface area contributed by atoms with Crippen LogP contribution in [-0.2, 0) is 12.0 Å². The first-order chi connectivity index (χ1) is 10.3. The van der Waals surface area contributed by atoms with E-state index in [0.717, 1.165) is 17.7 Å². The molecule has 1 aliphatic rings. The Bertz CT molecular complexity index is 643. The zero-order valence-corrected chi connectivity index (χ0v) is 12.1. The van der Waals surface area contributed by atoms with Gasteiger partial charge in [-0.15, -0.1) is 0 Å². The molecule has 1 aliphatic carbocycles. The quantitative estimate of drug-likeness (QED) is 0.816. The normalized spacial score (nSPS) is 17.0. The van der Waals surface area contributed by atoms with Crippen LogP contribution in [0.1, 0.15) is 24.8 Å². The molecule has 21 heavy (non-hydrogen) atoms. The molecule has 5 nitrogen and oxygen atoms in total. The Morgan fingerprint density at radius 1 is 1.43 bits per heavy atom. The minimum Gasteiger partial charge on any atom is -0.496 e. The smallest absolute Gasteiger partial charge is 0.137 e. The first-order valence-corrected chi connectivity index (χ1v) is 7.14. The van der Waals surface area contributed by atoms with Crippen molar-refractivity contribution in [1.29, 1.82) is 5.26 Å². The molecule has 2 aromatic rings. The third-order valence-corrected chi connectivity index (χ3v) is 4.07. The molecule has 3 rings (SSSR count). The van der Waals surface area contributed by atoms with E-state index in [2.05, 4.69) is 16.2 Å². The SMILES string of the molecule is COc1ccccc1C(C#N)(CC1CC1)Cn1cncn1. The summed E-state index contributed by atoms with van der Waals surface area (Å²) in [4.78, 5) is 3.98. The van der Waals surface area contributed by atoms with Gasteiger partial charge in [-0.2, -0.15) is 10.4 Å². The molecule has 1 saturated carbocycles. The molecular weight excluding hydrogens is 264 g/mol. The maximum atomic E-state index is 9.96. The van der Waals surface area contributed by atoms with Gasteiger partial charge in [0, 0.05) is 5.56 Å². The van der Waals surface area contributed by atoms with Gasteiger partial charge in [-0.1, -0.05) is 31.0 Å². The Morgan fingerprint density at radius 3 is 2.86 bits per heavy atom. The highest BCUT2D eigenvalue weighted by atomic mass is 16.5. The molecule has 0 amide bonds. The Balaban J connectivity index is 2.03. The maximum absolute atomic E-state index is 9.96. The third kappa shape index (κ3) is 2.75. The molecule has 0 N–H and O–H groups in total. The number of aromatic nitrogens is 3. The second-order valence-electron chi connectivity index (χ2n) is 5.63. The van der Waals surface area contributed by atoms with E-state index in [1.54, 1.807) is 18.1 Å². The highest BCUT2D eigenvalue weighted by Gasteiger charge is 2.41. The van der Waals surface area contributed by atoms with E-state index >= 15 is 0 Å². The molecule has 0 aliphatic heterocycles. The summed E-state index contributed by atoms with van der Waals surface area (Å²) in [7, 11) is 1.65. The monoisotopic (exact) mass is 282 g/mol. The van der Waals surface area contributed by atoms with Crippen molar-refractivity contribution in [2.24, 2.45) is 5.92 Å². The van der Waals surface area contributed by atoms with Gasteiger partial charge in [0.25, 0.3) is 0 Å². The van der Waals surface area contributed by atoms with E-state index in [-0.39, 0.29) is 0 Å². The zero-order valence-electron chi connectivity index (χ0n) is 12.1. The molecule has 1 fully saturated rings. The number of para-hydroxylation sites is 1. The predicted octanol–water partition coefficient (Wildman–Crippen LogP) is 2.55. The molecule has 0 spiro atoms. The van der Waals surface area contributed by atoms with Crippen LogP contribution in [0.15, 0.2) is 36.9 Å². The van der Waals surface area contributed by atoms with Gasteiger partial charge in [0.15, 0.2) is 0 Å². The fourth-order valence-corrected chi connectivity index (χ4v) is 2.85. The molecule has 1 aromatic carbocycles. The highest BCUT2D eigenvalue weighted by Crippen LogP contribution is 2.45. The summed E-state index contributed by atoms with van der Waals surface area (Å²) in [5.41, 5.74) is 0.318. The lowest BCUT2D eigenvalue weighted by molar-refractivity contribution is 0.353. The number of ether oxygens (including phenoxy) is 1. The Hall–Kier alpha value is -2.35. The summed E-state index contributed by atoms with van der Waals surface area (Å²) >= 11 is 0. The van der Waals surface area contributed by atoms with E-state index in [0.29, 0.717) is 12.5 Å². The van der Waals surface area contributed by atoms with Gasteiger partial charge in [-0.3, -0.25) is 4.68 Å². The minimum atomic E-state index is -0.624. The summed E-state index contributed by atoms with van der Waals surface area (Å²) in [6, 6.07) is 10.3. The standard InChI is InChI=1S/C16H18N4O/c1-21-15-5-3-2-4-14(15)16(9-17,8-13-6-7-13)10-20-12-18-11-19-20/h2-5,11-13H,6-8,10H2,1H3. The molecule has 1 heterocycles. The van der Waals surface area contributed by atoms with Crippen LogP contribution < -0.4 is 4.74 Å². The number of hydrogen-bond acceptors (Lipinski definition) is 4. The lowest BCUT2D eigenvalue weighted by Gasteiger charge is -2.28. The van der Waals surface area contributed by atoms with Crippen LogP contribution in [0.25, 0.3) is 0 Å². The van der Waals surface area contributed by atoms with E-state index in [4.69, 9.17) is 4.74 Å². The van der Waals surface area contributed by atoms with Crippen LogP contribution in [0, 0.1) is 17.2 Å². The van der Waals surface area contributed by atoms with Crippen molar-refractivity contribution in [3.8, 4) is 11.8 Å². The second kappa shape index (κ2) is 5.57. The second-order valence-corrected chi connectivity index (χ2v) is 5.63.